The monoisotopic (exact) mass is 197 g/mol. The van der Waals surface area contributed by atoms with Gasteiger partial charge in [-0.15, -0.1) is 6.58 Å². The normalized spacial score (nSPS) is 23.9. The Morgan fingerprint density at radius 1 is 1.21 bits per heavy atom. The smallest absolute Gasteiger partial charge is 0.400 e. The Morgan fingerprint density at radius 3 is 2.00 bits per heavy atom. The first-order valence-electron chi connectivity index (χ1n) is 4.98. The van der Waals surface area contributed by atoms with Gasteiger partial charge in [0.15, 0.2) is 0 Å². The third-order valence-electron chi connectivity index (χ3n) is 2.99. The molecule has 0 unspecified atom stereocenters. The molecule has 1 saturated heterocycles. The van der Waals surface area contributed by atoms with E-state index in [9.17, 15) is 0 Å². The van der Waals surface area contributed by atoms with Gasteiger partial charge in [0.2, 0.25) is 0 Å². The van der Waals surface area contributed by atoms with E-state index in [1.54, 1.807) is 0 Å². The van der Waals surface area contributed by atoms with Gasteiger partial charge in [-0.05, 0) is 40.2 Å². The van der Waals surface area contributed by atoms with Gasteiger partial charge in [0.1, 0.15) is 0 Å². The molecule has 1 aliphatic rings. The molecule has 0 aromatic heterocycles. The highest BCUT2D eigenvalue weighted by molar-refractivity contribution is 6.54. The maximum atomic E-state index is 5.82. The Labute approximate surface area is 87.0 Å². The molecule has 1 N–H and O–H groups in total. The van der Waals surface area contributed by atoms with E-state index in [4.69, 9.17) is 9.31 Å². The van der Waals surface area contributed by atoms with Crippen LogP contribution >= 0.6 is 0 Å². The highest BCUT2D eigenvalue weighted by Gasteiger charge is 2.51. The van der Waals surface area contributed by atoms with Crippen molar-refractivity contribution in [2.45, 2.75) is 38.9 Å². The fraction of sp³-hybridized carbons (Fsp3) is 0.800. The average Bonchev–Trinajstić information content (AvgIpc) is 2.22. The van der Waals surface area contributed by atoms with Crippen molar-refractivity contribution >= 4 is 7.12 Å². The fourth-order valence-electron chi connectivity index (χ4n) is 1.32. The predicted molar refractivity (Wildman–Crippen MR) is 59.1 cm³/mol. The van der Waals surface area contributed by atoms with Gasteiger partial charge in [0.05, 0.1) is 11.2 Å². The summed E-state index contributed by atoms with van der Waals surface area (Å²) in [6.07, 6.45) is 0. The molecule has 14 heavy (non-hydrogen) atoms. The predicted octanol–water partition coefficient (Wildman–Crippen LogP) is 1.39. The van der Waals surface area contributed by atoms with Crippen LogP contribution in [0.4, 0.5) is 0 Å². The highest BCUT2D eigenvalue weighted by Crippen LogP contribution is 2.38. The second-order valence-corrected chi connectivity index (χ2v) is 4.78. The molecule has 80 valence electrons. The molecule has 3 nitrogen and oxygen atoms in total. The zero-order chi connectivity index (χ0) is 11.0. The van der Waals surface area contributed by atoms with Crippen molar-refractivity contribution in [1.82, 2.24) is 5.32 Å². The second kappa shape index (κ2) is 3.68. The quantitative estimate of drug-likeness (QED) is 0.693. The van der Waals surface area contributed by atoms with E-state index in [0.29, 0.717) is 0 Å². The van der Waals surface area contributed by atoms with E-state index in [0.717, 1.165) is 12.0 Å². The lowest BCUT2D eigenvalue weighted by Gasteiger charge is -2.32. The van der Waals surface area contributed by atoms with Crippen LogP contribution in [0, 0.1) is 0 Å². The van der Waals surface area contributed by atoms with Crippen molar-refractivity contribution in [3.8, 4) is 0 Å². The lowest BCUT2D eigenvalue weighted by atomic mass is 9.79. The molecule has 0 spiro atoms. The van der Waals surface area contributed by atoms with E-state index in [1.807, 2.05) is 34.7 Å². The van der Waals surface area contributed by atoms with E-state index >= 15 is 0 Å². The molecular weight excluding hydrogens is 177 g/mol. The summed E-state index contributed by atoms with van der Waals surface area (Å²) in [5.41, 5.74) is 0.397. The molecule has 0 amide bonds. The fourth-order valence-corrected chi connectivity index (χ4v) is 1.32. The SMILES string of the molecule is C=C(CNC)B1OC(C)(C)C(C)(C)O1. The van der Waals surface area contributed by atoms with Crippen LogP contribution in [0.25, 0.3) is 0 Å². The van der Waals surface area contributed by atoms with E-state index in [2.05, 4.69) is 11.9 Å². The van der Waals surface area contributed by atoms with Gasteiger partial charge in [-0.1, -0.05) is 0 Å². The summed E-state index contributed by atoms with van der Waals surface area (Å²) < 4.78 is 11.6. The van der Waals surface area contributed by atoms with Crippen LogP contribution in [-0.2, 0) is 9.31 Å². The summed E-state index contributed by atoms with van der Waals surface area (Å²) >= 11 is 0. The summed E-state index contributed by atoms with van der Waals surface area (Å²) in [6.45, 7) is 12.8. The maximum Gasteiger partial charge on any atom is 0.491 e. The topological polar surface area (TPSA) is 30.5 Å². The average molecular weight is 197 g/mol. The lowest BCUT2D eigenvalue weighted by molar-refractivity contribution is 0.00578. The standard InChI is InChI=1S/C10H20BNO2/c1-8(7-12-6)11-13-9(2,3)10(4,5)14-11/h12H,1,7H2,2-6H3. The van der Waals surface area contributed by atoms with E-state index in [1.165, 1.54) is 0 Å². The minimum Gasteiger partial charge on any atom is -0.400 e. The van der Waals surface area contributed by atoms with Crippen LogP contribution in [0.1, 0.15) is 27.7 Å². The van der Waals surface area contributed by atoms with Crippen LogP contribution in [0.5, 0.6) is 0 Å². The Kier molecular flexibility index (Phi) is 3.09. The highest BCUT2D eigenvalue weighted by atomic mass is 16.7. The number of hydrogen-bond acceptors (Lipinski definition) is 3. The number of hydrogen-bond donors (Lipinski definition) is 1. The van der Waals surface area contributed by atoms with Crippen LogP contribution in [0.2, 0.25) is 0 Å². The molecule has 0 bridgehead atoms. The first-order chi connectivity index (χ1) is 6.30. The Morgan fingerprint density at radius 2 is 1.64 bits per heavy atom. The summed E-state index contributed by atoms with van der Waals surface area (Å²) in [5, 5.41) is 3.04. The number of likely N-dealkylation sites (N-methyl/N-ethyl adjacent to an activating group) is 1. The Bertz CT molecular complexity index is 222. The van der Waals surface area contributed by atoms with Gasteiger partial charge < -0.3 is 14.6 Å². The van der Waals surface area contributed by atoms with Crippen molar-refractivity contribution in [2.75, 3.05) is 13.6 Å². The third-order valence-corrected chi connectivity index (χ3v) is 2.99. The van der Waals surface area contributed by atoms with Crippen LogP contribution in [0.3, 0.4) is 0 Å². The molecule has 1 aliphatic heterocycles. The zero-order valence-electron chi connectivity index (χ0n) is 9.81. The second-order valence-electron chi connectivity index (χ2n) is 4.78. The van der Waals surface area contributed by atoms with Crippen molar-refractivity contribution in [2.24, 2.45) is 0 Å². The largest absolute Gasteiger partial charge is 0.491 e. The molecule has 0 radical (unpaired) electrons. The Balaban J connectivity index is 2.68. The van der Waals surface area contributed by atoms with Gasteiger partial charge >= 0.3 is 7.12 Å². The van der Waals surface area contributed by atoms with Gasteiger partial charge in [0.25, 0.3) is 0 Å². The maximum absolute atomic E-state index is 5.82. The first kappa shape index (κ1) is 11.8. The van der Waals surface area contributed by atoms with E-state index < -0.39 is 0 Å². The van der Waals surface area contributed by atoms with Gasteiger partial charge in [-0.3, -0.25) is 0 Å². The van der Waals surface area contributed by atoms with Crippen molar-refractivity contribution < 1.29 is 9.31 Å². The molecular formula is C10H20BNO2. The van der Waals surface area contributed by atoms with Gasteiger partial charge in [0, 0.05) is 6.54 Å². The summed E-state index contributed by atoms with van der Waals surface area (Å²) in [7, 11) is 1.60. The molecule has 0 saturated carbocycles. The van der Waals surface area contributed by atoms with Crippen molar-refractivity contribution in [3.63, 3.8) is 0 Å². The molecule has 1 fully saturated rings. The lowest BCUT2D eigenvalue weighted by Crippen LogP contribution is -2.41. The molecule has 0 aliphatic carbocycles. The number of nitrogens with one attached hydrogen (secondary N) is 1. The van der Waals surface area contributed by atoms with Gasteiger partial charge in [-0.2, -0.15) is 0 Å². The Hall–Kier alpha value is -0.315. The zero-order valence-corrected chi connectivity index (χ0v) is 9.81. The molecule has 0 atom stereocenters. The summed E-state index contributed by atoms with van der Waals surface area (Å²) in [6, 6.07) is 0. The number of rotatable bonds is 3. The molecule has 1 heterocycles. The molecule has 1 rings (SSSR count). The van der Waals surface area contributed by atoms with Crippen molar-refractivity contribution in [3.05, 3.63) is 12.1 Å². The summed E-state index contributed by atoms with van der Waals surface area (Å²) in [4.78, 5) is 0. The molecule has 4 heteroatoms. The minimum atomic E-state index is -0.285. The van der Waals surface area contributed by atoms with E-state index in [-0.39, 0.29) is 18.3 Å². The minimum absolute atomic E-state index is 0.269. The summed E-state index contributed by atoms with van der Waals surface area (Å²) in [5.74, 6) is 0. The third kappa shape index (κ3) is 2.02. The molecule has 0 aromatic rings. The van der Waals surface area contributed by atoms with Gasteiger partial charge in [-0.25, -0.2) is 0 Å². The van der Waals surface area contributed by atoms with Crippen LogP contribution in [0.15, 0.2) is 12.1 Å². The van der Waals surface area contributed by atoms with Crippen LogP contribution < -0.4 is 5.32 Å². The van der Waals surface area contributed by atoms with Crippen LogP contribution in [-0.4, -0.2) is 31.9 Å². The molecule has 0 aromatic carbocycles. The van der Waals surface area contributed by atoms with Crippen molar-refractivity contribution in [1.29, 1.82) is 0 Å². The first-order valence-corrected chi connectivity index (χ1v) is 4.98.